The first kappa shape index (κ1) is 34.2. The summed E-state index contributed by atoms with van der Waals surface area (Å²) >= 11 is 0. The van der Waals surface area contributed by atoms with Gasteiger partial charge in [-0.05, 0) is 43.5 Å². The molecular weight excluding hydrogens is 678 g/mol. The SMILES string of the molecule is O=C1CCC(N2Cc3c(NC(=O)CCCC4=CN(CC(=O)Nc5cccc6c5C(=O)N(C5CCC(=O)NC5=O)C6=O)N[NH2+]4)cccc3C2=O)C(=O)N1. The van der Waals surface area contributed by atoms with E-state index in [0.717, 1.165) is 10.6 Å². The van der Waals surface area contributed by atoms with Gasteiger partial charge in [-0.1, -0.05) is 17.7 Å². The van der Waals surface area contributed by atoms with Crippen LogP contribution < -0.4 is 32.2 Å². The summed E-state index contributed by atoms with van der Waals surface area (Å²) in [5.74, 6) is -4.58. The molecule has 9 amide bonds. The Bertz CT molecular complexity index is 2010. The van der Waals surface area contributed by atoms with E-state index >= 15 is 0 Å². The van der Waals surface area contributed by atoms with Crippen molar-refractivity contribution in [2.45, 2.75) is 63.6 Å². The molecule has 7 N–H and O–H groups in total. The van der Waals surface area contributed by atoms with Crippen LogP contribution in [0, 0.1) is 0 Å². The molecule has 0 spiro atoms. The zero-order valence-corrected chi connectivity index (χ0v) is 27.7. The molecule has 0 saturated carbocycles. The number of amides is 9. The van der Waals surface area contributed by atoms with Gasteiger partial charge < -0.3 is 15.5 Å². The quantitative estimate of drug-likeness (QED) is 0.125. The van der Waals surface area contributed by atoms with E-state index in [2.05, 4.69) is 26.8 Å². The standard InChI is InChI=1S/C34H33N9O9/c44-25(35-21-7-2-5-18-20(21)15-42(32(18)50)23-10-12-26(45)37-30(23)48)9-1-4-17-14-41(40-39-17)16-28(47)36-22-8-3-6-19-29(22)34(52)43(33(19)51)24-11-13-27(46)38-31(24)49/h2-3,5-8,14,23-24,39-40H,1,4,9-13,15-16H2,(H,35,44)(H,36,47)(H,37,45,48)(H,38,46,49)/p+1. The molecule has 0 aromatic heterocycles. The maximum absolute atomic E-state index is 13.3. The maximum atomic E-state index is 13.3. The third kappa shape index (κ3) is 6.51. The van der Waals surface area contributed by atoms with E-state index in [9.17, 15) is 43.2 Å². The molecule has 5 heterocycles. The van der Waals surface area contributed by atoms with E-state index in [-0.39, 0.29) is 79.7 Å². The Kier molecular flexibility index (Phi) is 9.07. The van der Waals surface area contributed by atoms with Crippen LogP contribution >= 0.6 is 0 Å². The largest absolute Gasteiger partial charge is 0.326 e. The second kappa shape index (κ2) is 13.8. The fraction of sp³-hybridized carbons (Fsp3) is 0.324. The van der Waals surface area contributed by atoms with E-state index in [1.807, 2.05) is 0 Å². The number of hydrazine groups is 1. The lowest BCUT2D eigenvalue weighted by Gasteiger charge is -2.29. The minimum atomic E-state index is -1.13. The van der Waals surface area contributed by atoms with E-state index in [0.29, 0.717) is 29.7 Å². The van der Waals surface area contributed by atoms with Crippen molar-refractivity contribution < 1.29 is 48.6 Å². The number of rotatable bonds is 10. The van der Waals surface area contributed by atoms with Crippen molar-refractivity contribution in [2.24, 2.45) is 0 Å². The first-order valence-electron chi connectivity index (χ1n) is 16.8. The third-order valence-electron chi connectivity index (χ3n) is 9.52. The summed E-state index contributed by atoms with van der Waals surface area (Å²) < 4.78 is 0. The van der Waals surface area contributed by atoms with Gasteiger partial charge in [0.15, 0.2) is 0 Å². The predicted octanol–water partition coefficient (Wildman–Crippen LogP) is -1.26. The van der Waals surface area contributed by atoms with E-state index in [1.165, 1.54) is 28.1 Å². The average molecular weight is 713 g/mol. The molecule has 18 heteroatoms. The Hall–Kier alpha value is -6.27. The van der Waals surface area contributed by atoms with Crippen molar-refractivity contribution in [3.05, 3.63) is 70.5 Å². The van der Waals surface area contributed by atoms with Crippen molar-refractivity contribution in [3.8, 4) is 0 Å². The number of nitrogens with two attached hydrogens (primary N) is 1. The number of nitrogens with zero attached hydrogens (tertiary/aromatic N) is 3. The molecule has 2 fully saturated rings. The highest BCUT2D eigenvalue weighted by atomic mass is 16.2. The number of piperidine rings is 2. The Labute approximate surface area is 295 Å². The number of quaternary nitrogens is 1. The molecule has 2 saturated heterocycles. The lowest BCUT2D eigenvalue weighted by Crippen LogP contribution is -2.90. The molecule has 5 aliphatic heterocycles. The molecule has 268 valence electrons. The van der Waals surface area contributed by atoms with Crippen LogP contribution in [0.3, 0.4) is 0 Å². The molecule has 0 bridgehead atoms. The number of hydrogen-bond acceptors (Lipinski definition) is 11. The number of allylic oxidation sites excluding steroid dienone is 1. The smallest absolute Gasteiger partial charge is 0.264 e. The van der Waals surface area contributed by atoms with Crippen molar-refractivity contribution in [1.82, 2.24) is 31.0 Å². The van der Waals surface area contributed by atoms with Crippen LogP contribution in [0.5, 0.6) is 0 Å². The van der Waals surface area contributed by atoms with Crippen molar-refractivity contribution in [2.75, 3.05) is 17.2 Å². The lowest BCUT2D eigenvalue weighted by atomic mass is 10.0. The number of carbonyl (C=O) groups excluding carboxylic acids is 9. The van der Waals surface area contributed by atoms with Gasteiger partial charge in [0.2, 0.25) is 35.4 Å². The van der Waals surface area contributed by atoms with Gasteiger partial charge in [-0.3, -0.25) is 63.7 Å². The monoisotopic (exact) mass is 712 g/mol. The third-order valence-corrected chi connectivity index (χ3v) is 9.52. The van der Waals surface area contributed by atoms with Crippen LogP contribution in [0.2, 0.25) is 0 Å². The number of nitrogens with one attached hydrogen (secondary N) is 5. The highest BCUT2D eigenvalue weighted by molar-refractivity contribution is 6.26. The molecule has 52 heavy (non-hydrogen) atoms. The minimum absolute atomic E-state index is 0.0108. The molecule has 5 aliphatic rings. The number of benzene rings is 2. The molecule has 0 aliphatic carbocycles. The minimum Gasteiger partial charge on any atom is -0.326 e. The average Bonchev–Trinajstić information content (AvgIpc) is 3.76. The van der Waals surface area contributed by atoms with Gasteiger partial charge in [-0.25, -0.2) is 5.43 Å². The second-order valence-electron chi connectivity index (χ2n) is 13.0. The summed E-state index contributed by atoms with van der Waals surface area (Å²) in [6.45, 7) is -0.0212. The Morgan fingerprint density at radius 3 is 2.13 bits per heavy atom. The second-order valence-corrected chi connectivity index (χ2v) is 13.0. The number of imide groups is 3. The Balaban J connectivity index is 0.896. The normalized spacial score (nSPS) is 21.2. The molecule has 0 radical (unpaired) electrons. The van der Waals surface area contributed by atoms with Crippen LogP contribution in [0.4, 0.5) is 11.4 Å². The summed E-state index contributed by atoms with van der Waals surface area (Å²) in [7, 11) is 0. The van der Waals surface area contributed by atoms with Gasteiger partial charge in [-0.2, -0.15) is 0 Å². The van der Waals surface area contributed by atoms with E-state index < -0.39 is 47.5 Å². The zero-order valence-electron chi connectivity index (χ0n) is 27.7. The van der Waals surface area contributed by atoms with Crippen molar-refractivity contribution >= 4 is 64.5 Å². The summed E-state index contributed by atoms with van der Waals surface area (Å²) in [6, 6.07) is 7.56. The van der Waals surface area contributed by atoms with Crippen LogP contribution in [0.15, 0.2) is 48.3 Å². The van der Waals surface area contributed by atoms with Crippen LogP contribution in [-0.4, -0.2) is 86.6 Å². The van der Waals surface area contributed by atoms with Gasteiger partial charge in [0.1, 0.15) is 24.3 Å². The van der Waals surface area contributed by atoms with Gasteiger partial charge in [-0.15, -0.1) is 0 Å². The van der Waals surface area contributed by atoms with Crippen molar-refractivity contribution in [1.29, 1.82) is 0 Å². The Morgan fingerprint density at radius 2 is 1.42 bits per heavy atom. The van der Waals surface area contributed by atoms with Crippen LogP contribution in [-0.2, 0) is 35.3 Å². The van der Waals surface area contributed by atoms with E-state index in [1.54, 1.807) is 29.8 Å². The molecule has 2 atom stereocenters. The molecule has 2 aromatic rings. The van der Waals surface area contributed by atoms with Gasteiger partial charge in [0.05, 0.1) is 23.0 Å². The molecular formula is C34H34N9O9+. The van der Waals surface area contributed by atoms with Crippen LogP contribution in [0.1, 0.15) is 81.6 Å². The fourth-order valence-corrected chi connectivity index (χ4v) is 7.00. The zero-order chi connectivity index (χ0) is 36.7. The summed E-state index contributed by atoms with van der Waals surface area (Å²) in [4.78, 5) is 116. The van der Waals surface area contributed by atoms with E-state index in [4.69, 9.17) is 0 Å². The summed E-state index contributed by atoms with van der Waals surface area (Å²) in [5.41, 5.74) is 7.12. The van der Waals surface area contributed by atoms with Crippen molar-refractivity contribution in [3.63, 3.8) is 0 Å². The van der Waals surface area contributed by atoms with Crippen LogP contribution in [0.25, 0.3) is 0 Å². The highest BCUT2D eigenvalue weighted by Crippen LogP contribution is 2.34. The number of carbonyl (C=O) groups is 9. The van der Waals surface area contributed by atoms with Gasteiger partial charge in [0.25, 0.3) is 17.7 Å². The van der Waals surface area contributed by atoms with Gasteiger partial charge in [0, 0.05) is 49.0 Å². The number of fused-ring (bicyclic) bond motifs is 2. The molecule has 7 rings (SSSR count). The first-order valence-corrected chi connectivity index (χ1v) is 16.8. The Morgan fingerprint density at radius 1 is 0.769 bits per heavy atom. The summed E-state index contributed by atoms with van der Waals surface area (Å²) in [5, 5.41) is 11.5. The summed E-state index contributed by atoms with van der Waals surface area (Å²) in [6.07, 6.45) is 3.24. The number of anilines is 2. The molecule has 18 nitrogen and oxygen atoms in total. The molecule has 2 unspecified atom stereocenters. The number of hydrogen-bond donors (Lipinski definition) is 6. The molecule has 2 aromatic carbocycles. The highest BCUT2D eigenvalue weighted by Gasteiger charge is 2.46. The van der Waals surface area contributed by atoms with Gasteiger partial charge >= 0.3 is 0 Å². The maximum Gasteiger partial charge on any atom is 0.264 e. The topological polar surface area (TPSA) is 240 Å². The lowest BCUT2D eigenvalue weighted by molar-refractivity contribution is -0.677. The first-order chi connectivity index (χ1) is 25.0. The fourth-order valence-electron chi connectivity index (χ4n) is 7.00. The predicted molar refractivity (Wildman–Crippen MR) is 177 cm³/mol.